The first-order valence-corrected chi connectivity index (χ1v) is 8.57. The maximum absolute atomic E-state index is 12.6. The summed E-state index contributed by atoms with van der Waals surface area (Å²) in [6, 6.07) is 5.83. The van der Waals surface area contributed by atoms with Gasteiger partial charge in [-0.15, -0.1) is 0 Å². The lowest BCUT2D eigenvalue weighted by Gasteiger charge is -2.04. The largest absolute Gasteiger partial charge is 0.508 e. The van der Waals surface area contributed by atoms with E-state index in [0.29, 0.717) is 6.07 Å². The molecule has 0 aromatic heterocycles. The van der Waals surface area contributed by atoms with E-state index in [9.17, 15) is 18.4 Å². The number of hydrogen-bond acceptors (Lipinski definition) is 10. The monoisotopic (exact) mass is 468 g/mol. The van der Waals surface area contributed by atoms with E-state index >= 15 is 0 Å². The van der Waals surface area contributed by atoms with E-state index in [1.165, 1.54) is 7.11 Å². The van der Waals surface area contributed by atoms with Crippen molar-refractivity contribution >= 4 is 12.6 Å². The Balaban J connectivity index is 0.000000247. The Morgan fingerprint density at radius 1 is 0.697 bits per heavy atom. The number of methoxy groups -OCH3 is 1. The molecule has 0 aliphatic carbocycles. The molecule has 0 bridgehead atoms. The summed E-state index contributed by atoms with van der Waals surface area (Å²) in [5.74, 6) is -5.32. The van der Waals surface area contributed by atoms with E-state index in [-0.39, 0.29) is 46.7 Å². The molecule has 3 aromatic carbocycles. The summed E-state index contributed by atoms with van der Waals surface area (Å²) in [6.45, 7) is 0. The zero-order valence-electron chi connectivity index (χ0n) is 16.7. The molecular formula is C21H18F2O10. The molecule has 0 aliphatic heterocycles. The van der Waals surface area contributed by atoms with E-state index in [1.807, 2.05) is 0 Å². The number of phenolic OH excluding ortho intramolecular Hbond substituents is 7. The Hall–Kier alpha value is -4.74. The van der Waals surface area contributed by atoms with Crippen LogP contribution in [0, 0.1) is 11.6 Å². The van der Waals surface area contributed by atoms with Gasteiger partial charge in [0.05, 0.1) is 18.2 Å². The summed E-state index contributed by atoms with van der Waals surface area (Å²) >= 11 is 0. The number of carbonyl (C=O) groups is 2. The highest BCUT2D eigenvalue weighted by atomic mass is 19.1. The third-order valence-electron chi connectivity index (χ3n) is 3.71. The third kappa shape index (κ3) is 6.89. The summed E-state index contributed by atoms with van der Waals surface area (Å²) in [4.78, 5) is 20.1. The number of halogens is 2. The molecule has 0 radical (unpaired) electrons. The minimum Gasteiger partial charge on any atom is -0.508 e. The van der Waals surface area contributed by atoms with Gasteiger partial charge in [0.25, 0.3) is 0 Å². The topological polar surface area (TPSA) is 185 Å². The molecule has 10 nitrogen and oxygen atoms in total. The highest BCUT2D eigenvalue weighted by Gasteiger charge is 2.10. The number of aromatic hydroxyl groups is 7. The van der Waals surface area contributed by atoms with E-state index in [0.717, 1.165) is 30.3 Å². The second kappa shape index (κ2) is 11.6. The van der Waals surface area contributed by atoms with Gasteiger partial charge >= 0.3 is 0 Å². The van der Waals surface area contributed by atoms with Crippen LogP contribution in [0.15, 0.2) is 36.4 Å². The number of carbonyl (C=O) groups excluding carboxylic acids is 2. The van der Waals surface area contributed by atoms with Gasteiger partial charge in [-0.1, -0.05) is 0 Å². The maximum Gasteiger partial charge on any atom is 0.203 e. The van der Waals surface area contributed by atoms with Crippen LogP contribution in [0.2, 0.25) is 0 Å². The number of phenols is 7. The van der Waals surface area contributed by atoms with Gasteiger partial charge in [-0.3, -0.25) is 9.59 Å². The second-order valence-corrected chi connectivity index (χ2v) is 5.95. The van der Waals surface area contributed by atoms with E-state index < -0.39 is 34.6 Å². The minimum atomic E-state index is -1.10. The quantitative estimate of drug-likeness (QED) is 0.223. The standard InChI is InChI=1S/2C7H5FO3.C7H8O4/c8-5-2-7(11)6(10)1-4(5)3-9;8-6-4(3-9)1-2-5(10)7(6)11;1-11-7-5(9)2-4(8)3-6(7)10/h2*1-3,10-11H;2-3,8-10H,1H3. The maximum atomic E-state index is 12.6. The van der Waals surface area contributed by atoms with Gasteiger partial charge in [0, 0.05) is 18.2 Å². The van der Waals surface area contributed by atoms with Crippen molar-refractivity contribution in [2.24, 2.45) is 0 Å². The lowest BCUT2D eigenvalue weighted by Crippen LogP contribution is -1.87. The lowest BCUT2D eigenvalue weighted by atomic mass is 10.2. The van der Waals surface area contributed by atoms with Crippen LogP contribution in [0.25, 0.3) is 0 Å². The molecule has 0 fully saturated rings. The van der Waals surface area contributed by atoms with Crippen LogP contribution < -0.4 is 4.74 Å². The molecule has 0 saturated carbocycles. The molecule has 0 heterocycles. The second-order valence-electron chi connectivity index (χ2n) is 5.95. The van der Waals surface area contributed by atoms with Gasteiger partial charge in [-0.05, 0) is 18.2 Å². The predicted molar refractivity (Wildman–Crippen MR) is 108 cm³/mol. The average molecular weight is 468 g/mol. The molecule has 3 rings (SSSR count). The van der Waals surface area contributed by atoms with Crippen molar-refractivity contribution < 1.29 is 58.9 Å². The summed E-state index contributed by atoms with van der Waals surface area (Å²) in [5.41, 5.74) is -0.555. The van der Waals surface area contributed by atoms with Crippen LogP contribution in [0.5, 0.6) is 46.0 Å². The van der Waals surface area contributed by atoms with Crippen LogP contribution in [0.3, 0.4) is 0 Å². The number of rotatable bonds is 3. The first kappa shape index (κ1) is 26.3. The van der Waals surface area contributed by atoms with Gasteiger partial charge in [0.2, 0.25) is 5.75 Å². The normalized spacial score (nSPS) is 9.55. The number of hydrogen-bond donors (Lipinski definition) is 7. The molecule has 12 heteroatoms. The Kier molecular flexibility index (Phi) is 9.24. The molecule has 0 saturated heterocycles. The molecule has 0 aliphatic rings. The zero-order chi connectivity index (χ0) is 25.3. The van der Waals surface area contributed by atoms with E-state index in [2.05, 4.69) is 4.74 Å². The highest BCUT2D eigenvalue weighted by molar-refractivity contribution is 5.77. The van der Waals surface area contributed by atoms with Gasteiger partial charge < -0.3 is 40.5 Å². The van der Waals surface area contributed by atoms with Crippen molar-refractivity contribution in [3.63, 3.8) is 0 Å². The van der Waals surface area contributed by atoms with Crippen LogP contribution in [0.1, 0.15) is 20.7 Å². The zero-order valence-corrected chi connectivity index (χ0v) is 16.7. The van der Waals surface area contributed by atoms with Crippen molar-refractivity contribution in [2.75, 3.05) is 7.11 Å². The molecule has 3 aromatic rings. The lowest BCUT2D eigenvalue weighted by molar-refractivity contribution is 0.111. The predicted octanol–water partition coefficient (Wildman–Crippen LogP) is 2.91. The van der Waals surface area contributed by atoms with Crippen LogP contribution in [0.4, 0.5) is 8.78 Å². The number of ether oxygens (including phenoxy) is 1. The van der Waals surface area contributed by atoms with Crippen molar-refractivity contribution in [1.29, 1.82) is 0 Å². The highest BCUT2D eigenvalue weighted by Crippen LogP contribution is 2.38. The Morgan fingerprint density at radius 2 is 1.21 bits per heavy atom. The van der Waals surface area contributed by atoms with Gasteiger partial charge in [0.15, 0.2) is 52.9 Å². The van der Waals surface area contributed by atoms with Crippen molar-refractivity contribution in [2.45, 2.75) is 0 Å². The fourth-order valence-electron chi connectivity index (χ4n) is 2.11. The smallest absolute Gasteiger partial charge is 0.203 e. The number of benzene rings is 3. The molecule has 7 N–H and O–H groups in total. The summed E-state index contributed by atoms with van der Waals surface area (Å²) < 4.78 is 29.8. The molecule has 0 spiro atoms. The molecule has 0 atom stereocenters. The first-order chi connectivity index (χ1) is 15.5. The van der Waals surface area contributed by atoms with E-state index in [4.69, 9.17) is 35.7 Å². The van der Waals surface area contributed by atoms with Crippen LogP contribution in [-0.2, 0) is 0 Å². The van der Waals surface area contributed by atoms with Crippen molar-refractivity contribution in [3.8, 4) is 46.0 Å². The van der Waals surface area contributed by atoms with Crippen LogP contribution in [-0.4, -0.2) is 55.4 Å². The molecule has 33 heavy (non-hydrogen) atoms. The molecule has 0 amide bonds. The minimum absolute atomic E-state index is 0.0391. The first-order valence-electron chi connectivity index (χ1n) is 8.57. The Bertz CT molecular complexity index is 1120. The van der Waals surface area contributed by atoms with Gasteiger partial charge in [-0.2, -0.15) is 0 Å². The fraction of sp³-hybridized carbons (Fsp3) is 0.0476. The fourth-order valence-corrected chi connectivity index (χ4v) is 2.11. The summed E-state index contributed by atoms with van der Waals surface area (Å²) in [5, 5.41) is 61.8. The van der Waals surface area contributed by atoms with Crippen LogP contribution >= 0.6 is 0 Å². The Labute approximate surface area is 184 Å². The van der Waals surface area contributed by atoms with Gasteiger partial charge in [0.1, 0.15) is 11.6 Å². The average Bonchev–Trinajstić information content (AvgIpc) is 2.75. The SMILES string of the molecule is COc1c(O)cc(O)cc1O.O=Cc1cc(O)c(O)cc1F.O=Cc1ccc(O)c(O)c1F. The van der Waals surface area contributed by atoms with E-state index in [1.54, 1.807) is 0 Å². The molecular weight excluding hydrogens is 450 g/mol. The molecule has 0 unspecified atom stereocenters. The van der Waals surface area contributed by atoms with Crippen molar-refractivity contribution in [3.05, 3.63) is 59.2 Å². The van der Waals surface area contributed by atoms with Gasteiger partial charge in [-0.25, -0.2) is 8.78 Å². The van der Waals surface area contributed by atoms with Crippen molar-refractivity contribution in [1.82, 2.24) is 0 Å². The summed E-state index contributed by atoms with van der Waals surface area (Å²) in [6.07, 6.45) is 0.517. The third-order valence-corrected chi connectivity index (χ3v) is 3.71. The summed E-state index contributed by atoms with van der Waals surface area (Å²) in [7, 11) is 1.31. The Morgan fingerprint density at radius 3 is 1.70 bits per heavy atom. The molecule has 176 valence electrons. The number of aldehydes is 2.